The first-order valence-corrected chi connectivity index (χ1v) is 12.6. The second kappa shape index (κ2) is 10.4. The van der Waals surface area contributed by atoms with E-state index in [0.29, 0.717) is 17.1 Å². The number of aromatic nitrogens is 4. The van der Waals surface area contributed by atoms with Crippen molar-refractivity contribution in [2.75, 3.05) is 38.5 Å². The van der Waals surface area contributed by atoms with E-state index < -0.39 is 5.82 Å². The van der Waals surface area contributed by atoms with Gasteiger partial charge in [-0.3, -0.25) is 9.69 Å². The van der Waals surface area contributed by atoms with Gasteiger partial charge in [-0.15, -0.1) is 0 Å². The van der Waals surface area contributed by atoms with Gasteiger partial charge in [0, 0.05) is 68.4 Å². The average molecular weight is 502 g/mol. The lowest BCUT2D eigenvalue weighted by molar-refractivity contribution is 0.100. The molecule has 0 bridgehead atoms. The fraction of sp³-hybridized carbons (Fsp3) is 0.357. The normalized spacial score (nSPS) is 15.0. The van der Waals surface area contributed by atoms with E-state index >= 15 is 0 Å². The molecule has 0 radical (unpaired) electrons. The zero-order chi connectivity index (χ0) is 26.1. The topological polar surface area (TPSA) is 79.2 Å². The zero-order valence-corrected chi connectivity index (χ0v) is 21.7. The van der Waals surface area contributed by atoms with Crippen LogP contribution in [0.25, 0.3) is 22.2 Å². The number of nitrogens with one attached hydrogen (secondary N) is 1. The number of rotatable bonds is 7. The van der Waals surface area contributed by atoms with Gasteiger partial charge < -0.3 is 14.8 Å². The van der Waals surface area contributed by atoms with Gasteiger partial charge in [0.15, 0.2) is 11.6 Å². The van der Waals surface area contributed by atoms with Crippen LogP contribution in [-0.4, -0.2) is 68.3 Å². The predicted octanol–water partition coefficient (Wildman–Crippen LogP) is 4.91. The molecule has 3 aromatic heterocycles. The molecular weight excluding hydrogens is 469 g/mol. The fourth-order valence-electron chi connectivity index (χ4n) is 4.81. The highest BCUT2D eigenvalue weighted by atomic mass is 19.1. The standard InChI is InChI=1S/C28H32FN7O/c1-18(2)36-24-7-6-21(13-22(24)14-25(36)19(3)37)27-23(29)16-31-28(33-27)32-26-8-5-20(15-30-26)17-35-11-9-34(4)10-12-35/h5-8,13-16,18H,9-12,17H2,1-4H3,(H,30,31,32,33). The second-order valence-electron chi connectivity index (χ2n) is 9.97. The van der Waals surface area contributed by atoms with Crippen LogP contribution in [0.2, 0.25) is 0 Å². The molecule has 0 aliphatic carbocycles. The highest BCUT2D eigenvalue weighted by molar-refractivity contribution is 5.99. The van der Waals surface area contributed by atoms with E-state index in [1.54, 1.807) is 6.92 Å². The SMILES string of the molecule is CC(=O)c1cc2cc(-c3nc(Nc4ccc(CN5CCN(C)CC5)cn4)ncc3F)ccc2n1C(C)C. The molecule has 1 fully saturated rings. The van der Waals surface area contributed by atoms with E-state index in [4.69, 9.17) is 0 Å². The van der Waals surface area contributed by atoms with Crippen molar-refractivity contribution in [3.05, 3.63) is 65.9 Å². The number of hydrogen-bond donors (Lipinski definition) is 1. The Bertz CT molecular complexity index is 1420. The monoisotopic (exact) mass is 501 g/mol. The minimum atomic E-state index is -0.518. The van der Waals surface area contributed by atoms with Crippen LogP contribution in [0.1, 0.15) is 42.9 Å². The van der Waals surface area contributed by atoms with Crippen LogP contribution in [0, 0.1) is 5.82 Å². The Morgan fingerprint density at radius 2 is 1.84 bits per heavy atom. The van der Waals surface area contributed by atoms with Gasteiger partial charge in [-0.05, 0) is 50.7 Å². The van der Waals surface area contributed by atoms with E-state index in [1.165, 1.54) is 0 Å². The number of pyridine rings is 1. The summed E-state index contributed by atoms with van der Waals surface area (Å²) in [6, 6.07) is 11.5. The molecule has 5 rings (SSSR count). The van der Waals surface area contributed by atoms with Crippen LogP contribution in [0.15, 0.2) is 48.8 Å². The van der Waals surface area contributed by atoms with Gasteiger partial charge in [0.05, 0.1) is 11.9 Å². The van der Waals surface area contributed by atoms with Crippen LogP contribution < -0.4 is 5.32 Å². The van der Waals surface area contributed by atoms with Crippen molar-refractivity contribution in [2.45, 2.75) is 33.4 Å². The maximum Gasteiger partial charge on any atom is 0.229 e. The molecule has 1 N–H and O–H groups in total. The van der Waals surface area contributed by atoms with E-state index in [9.17, 15) is 9.18 Å². The van der Waals surface area contributed by atoms with Gasteiger partial charge in [0.2, 0.25) is 5.95 Å². The number of likely N-dealkylation sites (N-methyl/N-ethyl adjacent to an activating group) is 1. The van der Waals surface area contributed by atoms with Crippen LogP contribution in [0.5, 0.6) is 0 Å². The van der Waals surface area contributed by atoms with Crippen molar-refractivity contribution in [3.63, 3.8) is 0 Å². The lowest BCUT2D eigenvalue weighted by Crippen LogP contribution is -2.43. The lowest BCUT2D eigenvalue weighted by atomic mass is 10.1. The van der Waals surface area contributed by atoms with Gasteiger partial charge >= 0.3 is 0 Å². The van der Waals surface area contributed by atoms with Gasteiger partial charge in [-0.25, -0.2) is 19.3 Å². The van der Waals surface area contributed by atoms with Gasteiger partial charge in [0.1, 0.15) is 11.5 Å². The maximum absolute atomic E-state index is 14.8. The molecule has 4 aromatic rings. The molecule has 1 aromatic carbocycles. The third-order valence-electron chi connectivity index (χ3n) is 6.80. The number of hydrogen-bond acceptors (Lipinski definition) is 7. The summed E-state index contributed by atoms with van der Waals surface area (Å²) in [5, 5.41) is 3.95. The molecule has 0 saturated carbocycles. The Balaban J connectivity index is 1.36. The number of ketones is 1. The Labute approximate surface area is 216 Å². The van der Waals surface area contributed by atoms with Crippen LogP contribution in [0.4, 0.5) is 16.2 Å². The van der Waals surface area contributed by atoms with Crippen LogP contribution in [0.3, 0.4) is 0 Å². The molecule has 0 amide bonds. The van der Waals surface area contributed by atoms with Crippen molar-refractivity contribution in [1.82, 2.24) is 29.3 Å². The molecule has 37 heavy (non-hydrogen) atoms. The number of halogens is 1. The van der Waals surface area contributed by atoms with E-state index in [2.05, 4.69) is 37.1 Å². The molecule has 192 valence electrons. The maximum atomic E-state index is 14.8. The third kappa shape index (κ3) is 5.38. The molecule has 4 heterocycles. The van der Waals surface area contributed by atoms with Crippen LogP contribution in [-0.2, 0) is 6.54 Å². The summed E-state index contributed by atoms with van der Waals surface area (Å²) in [5.41, 5.74) is 3.50. The first-order chi connectivity index (χ1) is 17.8. The number of benzene rings is 1. The highest BCUT2D eigenvalue weighted by Crippen LogP contribution is 2.30. The number of fused-ring (bicyclic) bond motifs is 1. The summed E-state index contributed by atoms with van der Waals surface area (Å²) < 4.78 is 16.8. The number of nitrogens with zero attached hydrogens (tertiary/aromatic N) is 6. The van der Waals surface area contributed by atoms with Crippen molar-refractivity contribution in [3.8, 4) is 11.3 Å². The number of carbonyl (C=O) groups is 1. The van der Waals surface area contributed by atoms with Crippen molar-refractivity contribution >= 4 is 28.5 Å². The smallest absolute Gasteiger partial charge is 0.229 e. The summed E-state index contributed by atoms with van der Waals surface area (Å²) in [5.74, 6) is 0.332. The number of carbonyl (C=O) groups excluding carboxylic acids is 1. The fourth-order valence-corrected chi connectivity index (χ4v) is 4.81. The molecule has 9 heteroatoms. The lowest BCUT2D eigenvalue weighted by Gasteiger charge is -2.32. The van der Waals surface area contributed by atoms with Crippen molar-refractivity contribution < 1.29 is 9.18 Å². The van der Waals surface area contributed by atoms with E-state index in [-0.39, 0.29) is 23.5 Å². The largest absolute Gasteiger partial charge is 0.336 e. The van der Waals surface area contributed by atoms with Crippen LogP contribution >= 0.6 is 0 Å². The molecule has 0 atom stereocenters. The molecule has 1 aliphatic heterocycles. The van der Waals surface area contributed by atoms with E-state index in [0.717, 1.165) is 55.4 Å². The van der Waals surface area contributed by atoms with Gasteiger partial charge in [-0.1, -0.05) is 12.1 Å². The molecule has 1 saturated heterocycles. The molecular formula is C28H32FN7O. The summed E-state index contributed by atoms with van der Waals surface area (Å²) in [6.45, 7) is 10.7. The quantitative estimate of drug-likeness (QED) is 0.361. The van der Waals surface area contributed by atoms with E-state index in [1.807, 2.05) is 61.0 Å². The number of Topliss-reactive ketones (excluding diaryl/α,β-unsaturated/α-hetero) is 1. The highest BCUT2D eigenvalue weighted by Gasteiger charge is 2.18. The Hall–Kier alpha value is -3.69. The minimum absolute atomic E-state index is 0.00629. The number of anilines is 2. The summed E-state index contributed by atoms with van der Waals surface area (Å²) in [6.07, 6.45) is 3.02. The van der Waals surface area contributed by atoms with Gasteiger partial charge in [-0.2, -0.15) is 0 Å². The van der Waals surface area contributed by atoms with Gasteiger partial charge in [0.25, 0.3) is 0 Å². The summed E-state index contributed by atoms with van der Waals surface area (Å²) >= 11 is 0. The first kappa shape index (κ1) is 25.0. The van der Waals surface area contributed by atoms with Crippen molar-refractivity contribution in [1.29, 1.82) is 0 Å². The molecule has 0 unspecified atom stereocenters. The first-order valence-electron chi connectivity index (χ1n) is 12.6. The third-order valence-corrected chi connectivity index (χ3v) is 6.80. The summed E-state index contributed by atoms with van der Waals surface area (Å²) in [4.78, 5) is 30.0. The Kier molecular flexibility index (Phi) is 6.99. The molecule has 0 spiro atoms. The minimum Gasteiger partial charge on any atom is -0.336 e. The Morgan fingerprint density at radius 3 is 2.51 bits per heavy atom. The second-order valence-corrected chi connectivity index (χ2v) is 9.97. The average Bonchev–Trinajstić information content (AvgIpc) is 3.27. The van der Waals surface area contributed by atoms with Crippen molar-refractivity contribution in [2.24, 2.45) is 0 Å². The molecule has 8 nitrogen and oxygen atoms in total. The Morgan fingerprint density at radius 1 is 1.05 bits per heavy atom. The molecule has 1 aliphatic rings. The zero-order valence-electron chi connectivity index (χ0n) is 21.7. The summed E-state index contributed by atoms with van der Waals surface area (Å²) in [7, 11) is 2.15. The number of piperazine rings is 1. The predicted molar refractivity (Wildman–Crippen MR) is 144 cm³/mol.